The van der Waals surface area contributed by atoms with Gasteiger partial charge in [-0.2, -0.15) is 0 Å². The summed E-state index contributed by atoms with van der Waals surface area (Å²) in [7, 11) is 1.56. The van der Waals surface area contributed by atoms with E-state index in [1.807, 2.05) is 42.5 Å². The number of aryl methyl sites for hydroxylation is 1. The van der Waals surface area contributed by atoms with Crippen LogP contribution in [0.25, 0.3) is 0 Å². The predicted molar refractivity (Wildman–Crippen MR) is 112 cm³/mol. The number of hydrogen-bond donors (Lipinski definition) is 1. The number of benzene rings is 2. The smallest absolute Gasteiger partial charge is 0.311 e. The molecule has 0 bridgehead atoms. The Hall–Kier alpha value is -3.35. The number of hydrogen-bond acceptors (Lipinski definition) is 5. The molecule has 1 N–H and O–H groups in total. The number of carbonyl (C=O) groups excluding carboxylic acids is 3. The Kier molecular flexibility index (Phi) is 7.06. The van der Waals surface area contributed by atoms with Gasteiger partial charge >= 0.3 is 5.97 Å². The van der Waals surface area contributed by atoms with Crippen molar-refractivity contribution in [2.24, 2.45) is 5.92 Å². The number of esters is 1. The van der Waals surface area contributed by atoms with Gasteiger partial charge in [-0.05, 0) is 30.2 Å². The van der Waals surface area contributed by atoms with Crippen LogP contribution in [0.2, 0.25) is 0 Å². The topological polar surface area (TPSA) is 84.9 Å². The zero-order valence-electron chi connectivity index (χ0n) is 17.2. The van der Waals surface area contributed by atoms with Crippen molar-refractivity contribution in [1.82, 2.24) is 5.32 Å². The van der Waals surface area contributed by atoms with E-state index in [0.29, 0.717) is 5.75 Å². The van der Waals surface area contributed by atoms with Crippen LogP contribution in [0, 0.1) is 5.92 Å². The van der Waals surface area contributed by atoms with Crippen LogP contribution in [0.3, 0.4) is 0 Å². The average Bonchev–Trinajstić information content (AvgIpc) is 3.17. The fraction of sp³-hybridized carbons (Fsp3) is 0.348. The molecule has 2 aromatic rings. The fourth-order valence-electron chi connectivity index (χ4n) is 3.37. The van der Waals surface area contributed by atoms with E-state index in [2.05, 4.69) is 12.2 Å². The zero-order chi connectivity index (χ0) is 21.5. The second kappa shape index (κ2) is 9.91. The van der Waals surface area contributed by atoms with Crippen LogP contribution in [0.1, 0.15) is 24.5 Å². The summed E-state index contributed by atoms with van der Waals surface area (Å²) in [5.74, 6) is -0.979. The highest BCUT2D eigenvalue weighted by Crippen LogP contribution is 2.26. The second-order valence-corrected chi connectivity index (χ2v) is 7.12. The molecule has 158 valence electrons. The van der Waals surface area contributed by atoms with Crippen molar-refractivity contribution in [3.63, 3.8) is 0 Å². The van der Waals surface area contributed by atoms with Crippen LogP contribution in [-0.2, 0) is 32.1 Å². The number of anilines is 1. The van der Waals surface area contributed by atoms with E-state index in [9.17, 15) is 14.4 Å². The lowest BCUT2D eigenvalue weighted by Gasteiger charge is -2.17. The minimum absolute atomic E-state index is 0.0806. The van der Waals surface area contributed by atoms with Crippen molar-refractivity contribution in [2.75, 3.05) is 25.2 Å². The SMILES string of the molecule is CCc1ccc(N2C[C@H](C(=O)OCC(=O)NCc3ccccc3OC)CC2=O)cc1. The molecule has 1 fully saturated rings. The quantitative estimate of drug-likeness (QED) is 0.676. The summed E-state index contributed by atoms with van der Waals surface area (Å²) in [5, 5.41) is 2.70. The summed E-state index contributed by atoms with van der Waals surface area (Å²) in [4.78, 5) is 38.3. The number of methoxy groups -OCH3 is 1. The molecule has 2 amide bonds. The molecule has 2 aromatic carbocycles. The minimum atomic E-state index is -0.578. The lowest BCUT2D eigenvalue weighted by molar-refractivity contribution is -0.152. The Morgan fingerprint density at radius 3 is 2.57 bits per heavy atom. The lowest BCUT2D eigenvalue weighted by Crippen LogP contribution is -2.31. The molecule has 1 aliphatic heterocycles. The van der Waals surface area contributed by atoms with E-state index in [1.165, 1.54) is 5.56 Å². The van der Waals surface area contributed by atoms with Gasteiger partial charge in [0.2, 0.25) is 5.91 Å². The molecule has 0 aliphatic carbocycles. The maximum absolute atomic E-state index is 12.3. The van der Waals surface area contributed by atoms with E-state index < -0.39 is 17.8 Å². The highest BCUT2D eigenvalue weighted by Gasteiger charge is 2.36. The van der Waals surface area contributed by atoms with E-state index >= 15 is 0 Å². The Morgan fingerprint density at radius 1 is 1.13 bits per heavy atom. The first-order valence-corrected chi connectivity index (χ1v) is 9.96. The van der Waals surface area contributed by atoms with E-state index in [-0.39, 0.29) is 32.0 Å². The molecule has 30 heavy (non-hydrogen) atoms. The largest absolute Gasteiger partial charge is 0.496 e. The highest BCUT2D eigenvalue weighted by molar-refractivity contribution is 5.99. The van der Waals surface area contributed by atoms with Gasteiger partial charge in [0.1, 0.15) is 5.75 Å². The molecule has 7 nitrogen and oxygen atoms in total. The third-order valence-corrected chi connectivity index (χ3v) is 5.13. The minimum Gasteiger partial charge on any atom is -0.496 e. The van der Waals surface area contributed by atoms with Gasteiger partial charge in [-0.1, -0.05) is 37.3 Å². The lowest BCUT2D eigenvalue weighted by atomic mass is 10.1. The number of nitrogens with one attached hydrogen (secondary N) is 1. The molecule has 7 heteroatoms. The molecule has 1 atom stereocenters. The summed E-state index contributed by atoms with van der Waals surface area (Å²) in [6.07, 6.45) is 0.999. The molecule has 1 saturated heterocycles. The zero-order valence-corrected chi connectivity index (χ0v) is 17.2. The molecule has 3 rings (SSSR count). The monoisotopic (exact) mass is 410 g/mol. The molecular formula is C23H26N2O5. The van der Waals surface area contributed by atoms with Crippen LogP contribution in [0.5, 0.6) is 5.75 Å². The van der Waals surface area contributed by atoms with Gasteiger partial charge in [-0.25, -0.2) is 0 Å². The highest BCUT2D eigenvalue weighted by atomic mass is 16.5. The van der Waals surface area contributed by atoms with Crippen LogP contribution in [-0.4, -0.2) is 38.0 Å². The summed E-state index contributed by atoms with van der Waals surface area (Å²) in [6.45, 7) is 2.20. The molecule has 0 unspecified atom stereocenters. The van der Waals surface area contributed by atoms with Gasteiger partial charge in [-0.3, -0.25) is 14.4 Å². The molecule has 0 saturated carbocycles. The van der Waals surface area contributed by atoms with Crippen LogP contribution < -0.4 is 15.0 Å². The van der Waals surface area contributed by atoms with Gasteiger partial charge in [0.15, 0.2) is 6.61 Å². The Bertz CT molecular complexity index is 910. The predicted octanol–water partition coefficient (Wildman–Crippen LogP) is 2.47. The third kappa shape index (κ3) is 5.17. The number of nitrogens with zero attached hydrogens (tertiary/aromatic N) is 1. The number of amides is 2. The second-order valence-electron chi connectivity index (χ2n) is 7.12. The summed E-state index contributed by atoms with van der Waals surface area (Å²) in [6, 6.07) is 15.1. The number of rotatable bonds is 8. The summed E-state index contributed by atoms with van der Waals surface area (Å²) in [5.41, 5.74) is 2.77. The van der Waals surface area contributed by atoms with Gasteiger partial charge in [-0.15, -0.1) is 0 Å². The number of carbonyl (C=O) groups is 3. The van der Waals surface area contributed by atoms with Gasteiger partial charge in [0.05, 0.1) is 13.0 Å². The van der Waals surface area contributed by atoms with Crippen molar-refractivity contribution in [1.29, 1.82) is 0 Å². The summed E-state index contributed by atoms with van der Waals surface area (Å²) >= 11 is 0. The van der Waals surface area contributed by atoms with Gasteiger partial charge in [0, 0.05) is 30.8 Å². The number of para-hydroxylation sites is 1. The molecule has 1 heterocycles. The first kappa shape index (κ1) is 21.4. The van der Waals surface area contributed by atoms with Crippen molar-refractivity contribution in [3.05, 3.63) is 59.7 Å². The Morgan fingerprint density at radius 2 is 1.87 bits per heavy atom. The van der Waals surface area contributed by atoms with Crippen LogP contribution in [0.15, 0.2) is 48.5 Å². The van der Waals surface area contributed by atoms with Crippen molar-refractivity contribution in [3.8, 4) is 5.75 Å². The molecule has 1 aliphatic rings. The molecule has 0 spiro atoms. The van der Waals surface area contributed by atoms with Gasteiger partial charge < -0.3 is 19.7 Å². The van der Waals surface area contributed by atoms with E-state index in [4.69, 9.17) is 9.47 Å². The van der Waals surface area contributed by atoms with Crippen LogP contribution in [0.4, 0.5) is 5.69 Å². The van der Waals surface area contributed by atoms with E-state index in [0.717, 1.165) is 17.7 Å². The molecular weight excluding hydrogens is 384 g/mol. The maximum atomic E-state index is 12.3. The first-order valence-electron chi connectivity index (χ1n) is 9.96. The number of ether oxygens (including phenoxy) is 2. The first-order chi connectivity index (χ1) is 14.5. The normalized spacial score (nSPS) is 15.7. The maximum Gasteiger partial charge on any atom is 0.311 e. The van der Waals surface area contributed by atoms with Gasteiger partial charge in [0.25, 0.3) is 5.91 Å². The van der Waals surface area contributed by atoms with Crippen molar-refractivity contribution < 1.29 is 23.9 Å². The third-order valence-electron chi connectivity index (χ3n) is 5.13. The van der Waals surface area contributed by atoms with E-state index in [1.54, 1.807) is 18.1 Å². The molecule has 0 radical (unpaired) electrons. The van der Waals surface area contributed by atoms with Crippen molar-refractivity contribution >= 4 is 23.5 Å². The Labute approximate surface area is 176 Å². The van der Waals surface area contributed by atoms with Crippen molar-refractivity contribution in [2.45, 2.75) is 26.3 Å². The average molecular weight is 410 g/mol. The summed E-state index contributed by atoms with van der Waals surface area (Å²) < 4.78 is 10.4. The fourth-order valence-corrected chi connectivity index (χ4v) is 3.37. The van der Waals surface area contributed by atoms with Crippen LogP contribution >= 0.6 is 0 Å². The molecule has 0 aromatic heterocycles. The Balaban J connectivity index is 1.47. The standard InChI is InChI=1S/C23H26N2O5/c1-3-16-8-10-19(11-9-16)25-14-18(12-22(25)27)23(28)30-15-21(26)24-13-17-6-4-5-7-20(17)29-2/h4-11,18H,3,12-15H2,1-2H3,(H,24,26)/t18-/m1/s1.